The molecule has 0 bridgehead atoms. The lowest BCUT2D eigenvalue weighted by atomic mass is 9.92. The molecular formula is C14H26O2. The zero-order chi connectivity index (χ0) is 11.6. The van der Waals surface area contributed by atoms with E-state index in [4.69, 9.17) is 4.74 Å². The molecule has 3 atom stereocenters. The van der Waals surface area contributed by atoms with Gasteiger partial charge in [0.15, 0.2) is 0 Å². The third-order valence-electron chi connectivity index (χ3n) is 4.16. The van der Waals surface area contributed by atoms with E-state index in [0.29, 0.717) is 12.0 Å². The lowest BCUT2D eigenvalue weighted by Crippen LogP contribution is -2.22. The average molecular weight is 226 g/mol. The number of aliphatic hydroxyl groups is 1. The molecule has 2 rings (SSSR count). The first-order valence-electron chi connectivity index (χ1n) is 6.91. The number of aliphatic hydroxyl groups excluding tert-OH is 1. The van der Waals surface area contributed by atoms with E-state index in [1.165, 1.54) is 38.5 Å². The predicted octanol–water partition coefficient (Wildman–Crippen LogP) is 3.28. The van der Waals surface area contributed by atoms with Gasteiger partial charge in [0.2, 0.25) is 0 Å². The fourth-order valence-electron chi connectivity index (χ4n) is 3.26. The lowest BCUT2D eigenvalue weighted by Gasteiger charge is -2.23. The Bertz CT molecular complexity index is 225. The van der Waals surface area contributed by atoms with Gasteiger partial charge in [0.05, 0.1) is 17.8 Å². The maximum Gasteiger partial charge on any atom is 0.0631 e. The molecule has 2 heteroatoms. The van der Waals surface area contributed by atoms with Crippen molar-refractivity contribution in [2.24, 2.45) is 5.92 Å². The number of ether oxygens (including phenoxy) is 1. The Hall–Kier alpha value is -0.0800. The summed E-state index contributed by atoms with van der Waals surface area (Å²) in [6.45, 7) is 4.38. The molecule has 0 aromatic carbocycles. The molecule has 0 radical (unpaired) electrons. The highest BCUT2D eigenvalue weighted by Crippen LogP contribution is 2.35. The molecule has 3 unspecified atom stereocenters. The third kappa shape index (κ3) is 3.46. The molecule has 1 aliphatic carbocycles. The van der Waals surface area contributed by atoms with Gasteiger partial charge >= 0.3 is 0 Å². The number of hydrogen-bond acceptors (Lipinski definition) is 2. The Morgan fingerprint density at radius 3 is 2.62 bits per heavy atom. The van der Waals surface area contributed by atoms with E-state index >= 15 is 0 Å². The van der Waals surface area contributed by atoms with Gasteiger partial charge in [-0.25, -0.2) is 0 Å². The van der Waals surface area contributed by atoms with Crippen LogP contribution in [0.1, 0.15) is 65.2 Å². The fourth-order valence-corrected chi connectivity index (χ4v) is 3.26. The van der Waals surface area contributed by atoms with Crippen molar-refractivity contribution in [1.82, 2.24) is 0 Å². The maximum absolute atomic E-state index is 9.80. The highest BCUT2D eigenvalue weighted by atomic mass is 16.5. The van der Waals surface area contributed by atoms with Gasteiger partial charge in [-0.1, -0.05) is 19.3 Å². The molecule has 1 heterocycles. The summed E-state index contributed by atoms with van der Waals surface area (Å²) in [4.78, 5) is 0. The second kappa shape index (κ2) is 5.05. The van der Waals surface area contributed by atoms with Gasteiger partial charge in [-0.3, -0.25) is 0 Å². The van der Waals surface area contributed by atoms with Crippen LogP contribution in [0.3, 0.4) is 0 Å². The van der Waals surface area contributed by atoms with Crippen LogP contribution in [0.4, 0.5) is 0 Å². The summed E-state index contributed by atoms with van der Waals surface area (Å²) in [7, 11) is 0. The van der Waals surface area contributed by atoms with Crippen LogP contribution in [0.25, 0.3) is 0 Å². The minimum atomic E-state index is -0.0538. The van der Waals surface area contributed by atoms with Crippen molar-refractivity contribution >= 4 is 0 Å². The fraction of sp³-hybridized carbons (Fsp3) is 1.00. The summed E-state index contributed by atoms with van der Waals surface area (Å²) < 4.78 is 6.05. The zero-order valence-electron chi connectivity index (χ0n) is 10.7. The van der Waals surface area contributed by atoms with Crippen molar-refractivity contribution in [3.8, 4) is 0 Å². The summed E-state index contributed by atoms with van der Waals surface area (Å²) in [5.41, 5.74) is 0.0913. The number of hydrogen-bond donors (Lipinski definition) is 1. The highest BCUT2D eigenvalue weighted by molar-refractivity contribution is 4.83. The Morgan fingerprint density at radius 2 is 1.94 bits per heavy atom. The molecule has 1 aliphatic heterocycles. The Balaban J connectivity index is 1.80. The van der Waals surface area contributed by atoms with Gasteiger partial charge in [-0.05, 0) is 51.9 Å². The molecule has 0 aromatic rings. The summed E-state index contributed by atoms with van der Waals surface area (Å²) in [5.74, 6) is 0.691. The normalized spacial score (nSPS) is 39.6. The highest BCUT2D eigenvalue weighted by Gasteiger charge is 2.33. The molecule has 1 N–H and O–H groups in total. The molecule has 2 nitrogen and oxygen atoms in total. The molecular weight excluding hydrogens is 200 g/mol. The van der Waals surface area contributed by atoms with Crippen molar-refractivity contribution < 1.29 is 9.84 Å². The standard InChI is InChI=1S/C14H26O2/c1-14(2)8-7-13(16-14)10-11-5-3-4-6-12(15)9-11/h11-13,15H,3-10H2,1-2H3. The predicted molar refractivity (Wildman–Crippen MR) is 65.4 cm³/mol. The first-order valence-corrected chi connectivity index (χ1v) is 6.91. The molecule has 16 heavy (non-hydrogen) atoms. The Kier molecular flexibility index (Phi) is 3.91. The van der Waals surface area contributed by atoms with Crippen LogP contribution < -0.4 is 0 Å². The van der Waals surface area contributed by atoms with Crippen molar-refractivity contribution in [1.29, 1.82) is 0 Å². The molecule has 2 fully saturated rings. The molecule has 1 saturated heterocycles. The van der Waals surface area contributed by atoms with Crippen LogP contribution in [-0.2, 0) is 4.74 Å². The van der Waals surface area contributed by atoms with Gasteiger partial charge in [-0.15, -0.1) is 0 Å². The van der Waals surface area contributed by atoms with Crippen molar-refractivity contribution in [2.75, 3.05) is 0 Å². The van der Waals surface area contributed by atoms with Gasteiger partial charge in [0, 0.05) is 0 Å². The summed E-state index contributed by atoms with van der Waals surface area (Å²) in [6, 6.07) is 0. The molecule has 2 aliphatic rings. The molecule has 0 amide bonds. The summed E-state index contributed by atoms with van der Waals surface area (Å²) in [6.07, 6.45) is 9.75. The topological polar surface area (TPSA) is 29.5 Å². The molecule has 0 spiro atoms. The quantitative estimate of drug-likeness (QED) is 0.732. The minimum absolute atomic E-state index is 0.0538. The Morgan fingerprint density at radius 1 is 1.19 bits per heavy atom. The van der Waals surface area contributed by atoms with Crippen LogP contribution >= 0.6 is 0 Å². The monoisotopic (exact) mass is 226 g/mol. The summed E-state index contributed by atoms with van der Waals surface area (Å²) >= 11 is 0. The first kappa shape index (κ1) is 12.4. The smallest absolute Gasteiger partial charge is 0.0631 e. The zero-order valence-corrected chi connectivity index (χ0v) is 10.7. The lowest BCUT2D eigenvalue weighted by molar-refractivity contribution is -0.0271. The van der Waals surface area contributed by atoms with Gasteiger partial charge in [-0.2, -0.15) is 0 Å². The Labute approximate surface area is 99.4 Å². The van der Waals surface area contributed by atoms with Crippen molar-refractivity contribution in [3.05, 3.63) is 0 Å². The maximum atomic E-state index is 9.80. The first-order chi connectivity index (χ1) is 7.55. The van der Waals surface area contributed by atoms with Crippen LogP contribution in [0.5, 0.6) is 0 Å². The molecule has 1 saturated carbocycles. The van der Waals surface area contributed by atoms with Crippen LogP contribution in [0.2, 0.25) is 0 Å². The van der Waals surface area contributed by atoms with E-state index in [0.717, 1.165) is 12.8 Å². The van der Waals surface area contributed by atoms with E-state index in [-0.39, 0.29) is 11.7 Å². The van der Waals surface area contributed by atoms with Gasteiger partial charge in [0.1, 0.15) is 0 Å². The van der Waals surface area contributed by atoms with Crippen molar-refractivity contribution in [3.63, 3.8) is 0 Å². The van der Waals surface area contributed by atoms with E-state index in [2.05, 4.69) is 13.8 Å². The second-order valence-electron chi connectivity index (χ2n) is 6.31. The van der Waals surface area contributed by atoms with E-state index in [9.17, 15) is 5.11 Å². The second-order valence-corrected chi connectivity index (χ2v) is 6.31. The van der Waals surface area contributed by atoms with Gasteiger partial charge < -0.3 is 9.84 Å². The largest absolute Gasteiger partial charge is 0.393 e. The third-order valence-corrected chi connectivity index (χ3v) is 4.16. The molecule has 0 aromatic heterocycles. The van der Waals surface area contributed by atoms with Crippen LogP contribution in [0.15, 0.2) is 0 Å². The molecule has 94 valence electrons. The summed E-state index contributed by atoms with van der Waals surface area (Å²) in [5, 5.41) is 9.80. The number of rotatable bonds is 2. The van der Waals surface area contributed by atoms with E-state index in [1.54, 1.807) is 0 Å². The van der Waals surface area contributed by atoms with Gasteiger partial charge in [0.25, 0.3) is 0 Å². The van der Waals surface area contributed by atoms with Crippen LogP contribution in [-0.4, -0.2) is 22.9 Å². The van der Waals surface area contributed by atoms with Crippen molar-refractivity contribution in [2.45, 2.75) is 83.0 Å². The van der Waals surface area contributed by atoms with E-state index < -0.39 is 0 Å². The van der Waals surface area contributed by atoms with E-state index in [1.807, 2.05) is 0 Å². The minimum Gasteiger partial charge on any atom is -0.393 e. The van der Waals surface area contributed by atoms with Crippen LogP contribution in [0, 0.1) is 5.92 Å². The SMILES string of the molecule is CC1(C)CCC(CC2CCCCC(O)C2)O1. The average Bonchev–Trinajstić information content (AvgIpc) is 2.41.